The molecule has 0 aliphatic carbocycles. The van der Waals surface area contributed by atoms with Gasteiger partial charge in [-0.1, -0.05) is 6.07 Å². The molecule has 92 valence electrons. The van der Waals surface area contributed by atoms with E-state index in [0.29, 0.717) is 28.6 Å². The number of phenols is 1. The summed E-state index contributed by atoms with van der Waals surface area (Å²) in [7, 11) is 0. The fraction of sp³-hybridized carbons (Fsp3) is 0.417. The molecule has 1 saturated heterocycles. The topological polar surface area (TPSA) is 57.6 Å². The Morgan fingerprint density at radius 2 is 2.24 bits per heavy atom. The number of halogens is 1. The number of hydrogen-bond acceptors (Lipinski definition) is 4. The summed E-state index contributed by atoms with van der Waals surface area (Å²) < 4.78 is 11.5. The Morgan fingerprint density at radius 3 is 2.88 bits per heavy atom. The molecule has 1 N–H and O–H groups in total. The van der Waals surface area contributed by atoms with Crippen molar-refractivity contribution in [2.24, 2.45) is 0 Å². The summed E-state index contributed by atoms with van der Waals surface area (Å²) in [5, 5.41) is 10.0. The van der Waals surface area contributed by atoms with E-state index in [1.165, 1.54) is 0 Å². The number of phenolic OH excluding ortho intramolecular Hbond substituents is 1. The SMILES string of the molecule is CC1CC(=O)CCN1c1cccc(I=O)c1O. The van der Waals surface area contributed by atoms with Gasteiger partial charge in [0.25, 0.3) is 0 Å². The lowest BCUT2D eigenvalue weighted by Gasteiger charge is -2.35. The highest BCUT2D eigenvalue weighted by molar-refractivity contribution is 14.1. The van der Waals surface area contributed by atoms with Crippen LogP contribution in [0.5, 0.6) is 5.75 Å². The minimum atomic E-state index is -1.37. The minimum Gasteiger partial charge on any atom is -0.505 e. The van der Waals surface area contributed by atoms with E-state index in [9.17, 15) is 13.0 Å². The van der Waals surface area contributed by atoms with Gasteiger partial charge in [0.05, 0.1) is 9.26 Å². The molecule has 4 nitrogen and oxygen atoms in total. The second-order valence-corrected chi connectivity index (χ2v) is 5.82. The lowest BCUT2D eigenvalue weighted by molar-refractivity contribution is -0.120. The van der Waals surface area contributed by atoms with Crippen LogP contribution in [0.1, 0.15) is 19.8 Å². The molecule has 0 saturated carbocycles. The molecular formula is C12H14INO3. The zero-order valence-electron chi connectivity index (χ0n) is 9.52. The molecule has 0 spiro atoms. The summed E-state index contributed by atoms with van der Waals surface area (Å²) in [5.41, 5.74) is 0.693. The van der Waals surface area contributed by atoms with Crippen molar-refractivity contribution in [2.45, 2.75) is 25.8 Å². The first-order chi connectivity index (χ1) is 8.13. The summed E-state index contributed by atoms with van der Waals surface area (Å²) >= 11 is -1.37. The minimum absolute atomic E-state index is 0.0854. The quantitative estimate of drug-likeness (QED) is 0.835. The maximum absolute atomic E-state index is 11.3. The highest BCUT2D eigenvalue weighted by Gasteiger charge is 2.26. The Morgan fingerprint density at radius 1 is 1.47 bits per heavy atom. The van der Waals surface area contributed by atoms with Crippen molar-refractivity contribution in [3.05, 3.63) is 21.8 Å². The van der Waals surface area contributed by atoms with Gasteiger partial charge in [-0.3, -0.25) is 7.86 Å². The van der Waals surface area contributed by atoms with Crippen molar-refractivity contribution in [3.8, 4) is 5.75 Å². The zero-order valence-corrected chi connectivity index (χ0v) is 11.7. The van der Waals surface area contributed by atoms with E-state index >= 15 is 0 Å². The van der Waals surface area contributed by atoms with Crippen LogP contribution in [-0.4, -0.2) is 23.5 Å². The molecule has 0 radical (unpaired) electrons. The first kappa shape index (κ1) is 12.5. The number of piperidine rings is 1. The van der Waals surface area contributed by atoms with Crippen molar-refractivity contribution in [3.63, 3.8) is 0 Å². The van der Waals surface area contributed by atoms with E-state index in [4.69, 9.17) is 0 Å². The summed E-state index contributed by atoms with van der Waals surface area (Å²) in [6, 6.07) is 5.37. The number of para-hydroxylation sites is 1. The molecule has 2 rings (SSSR count). The predicted octanol–water partition coefficient (Wildman–Crippen LogP) is 2.44. The van der Waals surface area contributed by atoms with Gasteiger partial charge >= 0.3 is 0 Å². The Balaban J connectivity index is 2.34. The number of ketones is 1. The number of benzene rings is 1. The van der Waals surface area contributed by atoms with Gasteiger partial charge in [0.1, 0.15) is 5.78 Å². The lowest BCUT2D eigenvalue weighted by Crippen LogP contribution is -2.41. The number of carbonyl (C=O) groups excluding carboxylic acids is 1. The first-order valence-electron chi connectivity index (χ1n) is 5.51. The molecule has 1 aromatic carbocycles. The Labute approximate surface area is 110 Å². The second kappa shape index (κ2) is 5.12. The van der Waals surface area contributed by atoms with Crippen LogP contribution >= 0.6 is 21.2 Å². The summed E-state index contributed by atoms with van der Waals surface area (Å²) in [4.78, 5) is 13.3. The first-order valence-corrected chi connectivity index (χ1v) is 7.47. The van der Waals surface area contributed by atoms with Crippen LogP contribution in [0.3, 0.4) is 0 Å². The van der Waals surface area contributed by atoms with E-state index in [0.717, 1.165) is 0 Å². The molecule has 1 atom stereocenters. The Hall–Kier alpha value is -0.980. The van der Waals surface area contributed by atoms with Crippen LogP contribution in [0.4, 0.5) is 5.69 Å². The zero-order chi connectivity index (χ0) is 12.4. The molecule has 0 bridgehead atoms. The van der Waals surface area contributed by atoms with Gasteiger partial charge in [0, 0.05) is 25.4 Å². The maximum Gasteiger partial charge on any atom is 0.186 e. The molecule has 1 heterocycles. The predicted molar refractivity (Wildman–Crippen MR) is 72.6 cm³/mol. The molecule has 1 aliphatic rings. The molecule has 1 unspecified atom stereocenters. The van der Waals surface area contributed by atoms with Crippen LogP contribution in [-0.2, 0) is 7.86 Å². The number of carbonyl (C=O) groups is 1. The highest BCUT2D eigenvalue weighted by atomic mass is 127. The average molecular weight is 347 g/mol. The van der Waals surface area contributed by atoms with Gasteiger partial charge in [-0.25, -0.2) is 0 Å². The molecule has 1 fully saturated rings. The number of Topliss-reactive ketones (excluding diaryl/α,β-unsaturated/α-hetero) is 1. The molecule has 1 aromatic rings. The standard InChI is InChI=1S/C12H14INO3/c1-8-7-9(15)5-6-14(8)11-4-2-3-10(13-17)12(11)16/h2-4,8,16H,5-7H2,1H3. The van der Waals surface area contributed by atoms with Crippen LogP contribution in [0.2, 0.25) is 0 Å². The van der Waals surface area contributed by atoms with Crippen LogP contribution < -0.4 is 4.90 Å². The summed E-state index contributed by atoms with van der Waals surface area (Å²) in [6.07, 6.45) is 1.02. The highest BCUT2D eigenvalue weighted by Crippen LogP contribution is 2.35. The summed E-state index contributed by atoms with van der Waals surface area (Å²) in [6.45, 7) is 2.59. The monoisotopic (exact) mass is 347 g/mol. The van der Waals surface area contributed by atoms with Gasteiger partial charge < -0.3 is 10.0 Å². The molecule has 5 heteroatoms. The van der Waals surface area contributed by atoms with Gasteiger partial charge in [-0.2, -0.15) is 0 Å². The van der Waals surface area contributed by atoms with Gasteiger partial charge in [-0.05, 0) is 19.1 Å². The van der Waals surface area contributed by atoms with Crippen molar-refractivity contribution in [1.82, 2.24) is 0 Å². The largest absolute Gasteiger partial charge is 0.505 e. The fourth-order valence-electron chi connectivity index (χ4n) is 2.16. The second-order valence-electron chi connectivity index (χ2n) is 4.22. The molecule has 0 aromatic heterocycles. The average Bonchev–Trinajstić information content (AvgIpc) is 2.30. The van der Waals surface area contributed by atoms with Gasteiger partial charge in [-0.15, -0.1) is 0 Å². The summed E-state index contributed by atoms with van der Waals surface area (Å²) in [5.74, 6) is 0.372. The van der Waals surface area contributed by atoms with E-state index in [1.54, 1.807) is 12.1 Å². The third-order valence-electron chi connectivity index (χ3n) is 3.04. The smallest absolute Gasteiger partial charge is 0.186 e. The van der Waals surface area contributed by atoms with E-state index < -0.39 is 21.2 Å². The van der Waals surface area contributed by atoms with E-state index in [-0.39, 0.29) is 17.6 Å². The maximum atomic E-state index is 11.3. The van der Waals surface area contributed by atoms with Gasteiger partial charge in [0.15, 0.2) is 26.9 Å². The molecule has 0 amide bonds. The lowest BCUT2D eigenvalue weighted by atomic mass is 10.0. The number of aromatic hydroxyl groups is 1. The van der Waals surface area contributed by atoms with E-state index in [2.05, 4.69) is 0 Å². The van der Waals surface area contributed by atoms with Crippen molar-refractivity contribution in [1.29, 1.82) is 0 Å². The van der Waals surface area contributed by atoms with Crippen molar-refractivity contribution < 1.29 is 13.0 Å². The normalized spacial score (nSPS) is 20.6. The van der Waals surface area contributed by atoms with Crippen LogP contribution in [0.15, 0.2) is 18.2 Å². The molecule has 17 heavy (non-hydrogen) atoms. The van der Waals surface area contributed by atoms with E-state index in [1.807, 2.05) is 17.9 Å². The fourth-order valence-corrected chi connectivity index (χ4v) is 3.00. The van der Waals surface area contributed by atoms with Crippen molar-refractivity contribution >= 4 is 32.7 Å². The number of hydrogen-bond donors (Lipinski definition) is 1. The van der Waals surface area contributed by atoms with Gasteiger partial charge in [0.2, 0.25) is 0 Å². The Kier molecular flexibility index (Phi) is 3.76. The van der Waals surface area contributed by atoms with Crippen molar-refractivity contribution in [2.75, 3.05) is 11.4 Å². The third kappa shape index (κ3) is 2.48. The number of anilines is 1. The number of rotatable bonds is 2. The third-order valence-corrected chi connectivity index (χ3v) is 4.39. The van der Waals surface area contributed by atoms with Crippen LogP contribution in [0.25, 0.3) is 0 Å². The molecular weight excluding hydrogens is 333 g/mol. The van der Waals surface area contributed by atoms with Crippen LogP contribution in [0, 0.1) is 3.57 Å². The number of nitrogens with zero attached hydrogens (tertiary/aromatic N) is 1. The molecule has 1 aliphatic heterocycles. The Bertz CT molecular complexity index is 461.